The monoisotopic (exact) mass is 870 g/mol. The molecule has 1 saturated carbocycles. The summed E-state index contributed by atoms with van der Waals surface area (Å²) < 4.78 is 40.9. The van der Waals surface area contributed by atoms with E-state index in [1.807, 2.05) is 24.3 Å². The molecule has 7 heterocycles. The minimum Gasteiger partial charge on any atom is -0.381 e. The molecule has 3 amide bonds. The average molecular weight is 871 g/mol. The normalized spacial score (nSPS) is 21.8. The molecule has 4 fully saturated rings. The van der Waals surface area contributed by atoms with Gasteiger partial charge in [0.25, 0.3) is 12.3 Å². The van der Waals surface area contributed by atoms with E-state index in [2.05, 4.69) is 35.9 Å². The molecule has 9 rings (SSSR count). The largest absolute Gasteiger partial charge is 0.381 e. The van der Waals surface area contributed by atoms with Crippen LogP contribution < -0.4 is 26.5 Å². The van der Waals surface area contributed by atoms with Crippen molar-refractivity contribution in [3.8, 4) is 0 Å². The van der Waals surface area contributed by atoms with E-state index in [-0.39, 0.29) is 35.3 Å². The van der Waals surface area contributed by atoms with Gasteiger partial charge in [-0.1, -0.05) is 6.07 Å². The summed E-state index contributed by atoms with van der Waals surface area (Å²) in [4.78, 5) is 60.1. The Morgan fingerprint density at radius 2 is 1.76 bits per heavy atom. The molecule has 3 N–H and O–H groups in total. The van der Waals surface area contributed by atoms with Crippen LogP contribution in [0.4, 0.5) is 20.3 Å². The average Bonchev–Trinajstić information content (AvgIpc) is 3.99. The molecule has 3 saturated heterocycles. The van der Waals surface area contributed by atoms with E-state index >= 15 is 0 Å². The van der Waals surface area contributed by atoms with E-state index in [1.54, 1.807) is 28.7 Å². The van der Waals surface area contributed by atoms with E-state index in [0.717, 1.165) is 121 Å². The lowest BCUT2D eigenvalue weighted by Gasteiger charge is -2.36. The number of carbonyl (C=O) groups is 3. The van der Waals surface area contributed by atoms with E-state index in [0.29, 0.717) is 36.0 Å². The number of ether oxygens (including phenoxy) is 1. The maximum atomic E-state index is 14.3. The lowest BCUT2D eigenvalue weighted by atomic mass is 9.85. The molecule has 0 radical (unpaired) electrons. The first-order chi connectivity index (χ1) is 30.6. The second kappa shape index (κ2) is 18.7. The second-order valence-corrected chi connectivity index (χ2v) is 17.6. The summed E-state index contributed by atoms with van der Waals surface area (Å²) in [6.07, 6.45) is 9.86. The van der Waals surface area contributed by atoms with Crippen molar-refractivity contribution in [2.75, 3.05) is 69.2 Å². The Kier molecular flexibility index (Phi) is 12.7. The number of piperazine rings is 1. The summed E-state index contributed by atoms with van der Waals surface area (Å²) in [5.74, 6) is 0.489. The smallest absolute Gasteiger partial charge is 0.329 e. The lowest BCUT2D eigenvalue weighted by molar-refractivity contribution is -0.135. The third kappa shape index (κ3) is 9.27. The van der Waals surface area contributed by atoms with Gasteiger partial charge in [-0.05, 0) is 106 Å². The number of hydrogen-bond donors (Lipinski definition) is 3. The summed E-state index contributed by atoms with van der Waals surface area (Å²) in [7, 11) is 1.71. The van der Waals surface area contributed by atoms with E-state index in [1.165, 1.54) is 15.3 Å². The molecule has 1 unspecified atom stereocenters. The first-order valence-corrected chi connectivity index (χ1v) is 22.4. The van der Waals surface area contributed by atoms with E-state index in [4.69, 9.17) is 9.72 Å². The number of amides is 3. The fraction of sp³-hybridized carbons (Fsp3) is 0.568. The van der Waals surface area contributed by atoms with Gasteiger partial charge in [0.2, 0.25) is 11.8 Å². The number of likely N-dealkylation sites (tertiary alicyclic amines) is 1. The van der Waals surface area contributed by atoms with Gasteiger partial charge in [-0.3, -0.25) is 33.5 Å². The van der Waals surface area contributed by atoms with E-state index in [9.17, 15) is 28.0 Å². The van der Waals surface area contributed by atoms with Gasteiger partial charge in [0.1, 0.15) is 17.4 Å². The Balaban J connectivity index is 0.701. The molecule has 3 aliphatic heterocycles. The van der Waals surface area contributed by atoms with Crippen LogP contribution in [-0.2, 0) is 27.8 Å². The number of fused-ring (bicyclic) bond motifs is 2. The minimum atomic E-state index is -2.84. The van der Waals surface area contributed by atoms with Crippen molar-refractivity contribution in [3.05, 3.63) is 70.2 Å². The van der Waals surface area contributed by atoms with Crippen LogP contribution in [0.25, 0.3) is 16.7 Å². The predicted octanol–water partition coefficient (Wildman–Crippen LogP) is 4.25. The quantitative estimate of drug-likeness (QED) is 0.107. The molecule has 4 aromatic heterocycles. The number of nitrogens with one attached hydrogen (secondary N) is 3. The van der Waals surface area contributed by atoms with Crippen LogP contribution >= 0.6 is 0 Å². The number of alkyl halides is 2. The molecule has 0 bridgehead atoms. The van der Waals surface area contributed by atoms with Crippen LogP contribution in [0, 0.1) is 11.8 Å². The molecule has 63 heavy (non-hydrogen) atoms. The van der Waals surface area contributed by atoms with Crippen molar-refractivity contribution in [2.45, 2.75) is 82.7 Å². The molecule has 1 aliphatic carbocycles. The number of aryl methyl sites for hydroxylation is 2. The highest BCUT2D eigenvalue weighted by Crippen LogP contribution is 2.36. The number of imide groups is 1. The van der Waals surface area contributed by atoms with Crippen LogP contribution in [0.2, 0.25) is 0 Å². The number of rotatable bonds is 14. The molecule has 17 nitrogen and oxygen atoms in total. The zero-order valence-corrected chi connectivity index (χ0v) is 35.7. The third-order valence-corrected chi connectivity index (χ3v) is 13.5. The molecule has 5 aromatic rings. The van der Waals surface area contributed by atoms with Crippen LogP contribution in [0.15, 0.2) is 47.7 Å². The molecule has 1 aromatic carbocycles. The first-order valence-electron chi connectivity index (χ1n) is 22.4. The molecular formula is C44H56F2N12O5. The van der Waals surface area contributed by atoms with Gasteiger partial charge >= 0.3 is 5.69 Å². The molecular weight excluding hydrogens is 815 g/mol. The minimum absolute atomic E-state index is 0.00836. The molecule has 19 heteroatoms. The summed E-state index contributed by atoms with van der Waals surface area (Å²) in [5, 5.41) is 16.9. The number of nitrogens with zero attached hydrogens (tertiary/aromatic N) is 9. The van der Waals surface area contributed by atoms with Gasteiger partial charge in [-0.2, -0.15) is 10.2 Å². The Labute approximate surface area is 363 Å². The van der Waals surface area contributed by atoms with E-state index < -0.39 is 30.0 Å². The van der Waals surface area contributed by atoms with Crippen LogP contribution in [0.1, 0.15) is 97.9 Å². The highest BCUT2D eigenvalue weighted by Gasteiger charge is 2.32. The SMILES string of the molecule is Cn1c(=O)n(C2CCC(=O)NC2=O)c2ccc(CCCOCC3CCN(C[C@H]4CC[C@H](n5cc(NC(=O)c6cnn7ccc(N8CCNCC8)nc67)c(C(F)F)n5)CC4)CC3)cc21. The summed E-state index contributed by atoms with van der Waals surface area (Å²) >= 11 is 0. The van der Waals surface area contributed by atoms with Crippen molar-refractivity contribution in [1.29, 1.82) is 0 Å². The number of halogens is 2. The fourth-order valence-electron chi connectivity index (χ4n) is 9.84. The summed E-state index contributed by atoms with van der Waals surface area (Å²) in [6.45, 7) is 7.74. The highest BCUT2D eigenvalue weighted by atomic mass is 19.3. The lowest BCUT2D eigenvalue weighted by Crippen LogP contribution is -2.44. The Hall–Kier alpha value is -5.53. The van der Waals surface area contributed by atoms with Crippen molar-refractivity contribution in [1.82, 2.24) is 49.0 Å². The van der Waals surface area contributed by atoms with Gasteiger partial charge in [0.15, 0.2) is 11.3 Å². The Bertz CT molecular complexity index is 2510. The fourth-order valence-corrected chi connectivity index (χ4v) is 9.84. The number of carbonyl (C=O) groups excluding carboxylic acids is 3. The second-order valence-electron chi connectivity index (χ2n) is 17.6. The van der Waals surface area contributed by atoms with Gasteiger partial charge in [-0.25, -0.2) is 23.1 Å². The van der Waals surface area contributed by atoms with Crippen LogP contribution in [0.5, 0.6) is 0 Å². The topological polar surface area (TPSA) is 178 Å². The maximum absolute atomic E-state index is 14.3. The number of aromatic nitrogens is 7. The zero-order chi connectivity index (χ0) is 43.6. The number of benzene rings is 1. The van der Waals surface area contributed by atoms with Crippen molar-refractivity contribution >= 4 is 45.9 Å². The number of anilines is 2. The third-order valence-electron chi connectivity index (χ3n) is 13.5. The van der Waals surface area contributed by atoms with Crippen molar-refractivity contribution in [2.24, 2.45) is 18.9 Å². The van der Waals surface area contributed by atoms with Crippen molar-refractivity contribution < 1.29 is 27.9 Å². The molecule has 1 atom stereocenters. The number of piperidine rings is 2. The standard InChI is InChI=1S/C44H56F2N12O5/c1-53-36-23-28(6-9-34(36)58(44(53)62)35-10-11-38(59)51-43(35)61)3-2-22-63-27-30-12-17-54(18-13-30)25-29-4-7-31(8-5-29)57-26-33(39(52-57)40(45)46)49-42(60)32-24-48-56-19-14-37(50-41(32)56)55-20-15-47-16-21-55/h6,9,14,19,23-24,26,29-31,35,40,47H,2-5,7-8,10-13,15-18,20-22,25,27H2,1H3,(H,49,60)(H,51,59,61)/t29-,31-,35?. The first kappa shape index (κ1) is 42.8. The number of imidazole rings is 1. The highest BCUT2D eigenvalue weighted by molar-refractivity contribution is 6.08. The number of hydrogen-bond acceptors (Lipinski definition) is 11. The zero-order valence-electron chi connectivity index (χ0n) is 35.7. The van der Waals surface area contributed by atoms with Gasteiger partial charge in [0.05, 0.1) is 29.0 Å². The Morgan fingerprint density at radius 3 is 2.52 bits per heavy atom. The van der Waals surface area contributed by atoms with Gasteiger partial charge in [-0.15, -0.1) is 0 Å². The van der Waals surface area contributed by atoms with Crippen LogP contribution in [0.3, 0.4) is 0 Å². The van der Waals surface area contributed by atoms with Crippen LogP contribution in [-0.4, -0.2) is 115 Å². The van der Waals surface area contributed by atoms with Gasteiger partial charge < -0.3 is 25.2 Å². The predicted molar refractivity (Wildman–Crippen MR) is 231 cm³/mol. The summed E-state index contributed by atoms with van der Waals surface area (Å²) in [6, 6.07) is 7.04. The maximum Gasteiger partial charge on any atom is 0.329 e. The summed E-state index contributed by atoms with van der Waals surface area (Å²) in [5.41, 5.74) is 2.42. The molecule has 0 spiro atoms. The van der Waals surface area contributed by atoms with Gasteiger partial charge in [0, 0.05) is 71.8 Å². The van der Waals surface area contributed by atoms with Crippen molar-refractivity contribution in [3.63, 3.8) is 0 Å². The molecule has 4 aliphatic rings. The Morgan fingerprint density at radius 1 is 0.968 bits per heavy atom. The molecule has 336 valence electrons.